The normalized spacial score (nSPS) is 9.86. The summed E-state index contributed by atoms with van der Waals surface area (Å²) in [7, 11) is 0. The Bertz CT molecular complexity index is 719. The Morgan fingerprint density at radius 2 is 1.10 bits per heavy atom. The zero-order valence-electron chi connectivity index (χ0n) is 11.5. The van der Waals surface area contributed by atoms with Crippen LogP contribution in [0.1, 0.15) is 5.56 Å². The fourth-order valence-electron chi connectivity index (χ4n) is 2.34. The maximum atomic E-state index is 9.38. The van der Waals surface area contributed by atoms with Crippen molar-refractivity contribution in [3.05, 3.63) is 90.5 Å². The maximum absolute atomic E-state index is 9.38. The SMILES string of the molecule is N#Cc1ccccc1N(c1ccccc1)c1ccccc1. The molecule has 0 spiro atoms. The predicted molar refractivity (Wildman–Crippen MR) is 85.8 cm³/mol. The van der Waals surface area contributed by atoms with Gasteiger partial charge >= 0.3 is 0 Å². The highest BCUT2D eigenvalue weighted by molar-refractivity contribution is 5.79. The third-order valence-corrected chi connectivity index (χ3v) is 3.29. The summed E-state index contributed by atoms with van der Waals surface area (Å²) in [6.45, 7) is 0. The van der Waals surface area contributed by atoms with Crippen LogP contribution in [0.5, 0.6) is 0 Å². The highest BCUT2D eigenvalue weighted by Crippen LogP contribution is 2.35. The van der Waals surface area contributed by atoms with E-state index in [4.69, 9.17) is 0 Å². The first-order valence-electron chi connectivity index (χ1n) is 6.79. The first kappa shape index (κ1) is 13.0. The van der Waals surface area contributed by atoms with Crippen molar-refractivity contribution < 1.29 is 0 Å². The number of nitrogens with zero attached hydrogens (tertiary/aromatic N) is 2. The van der Waals surface area contributed by atoms with Crippen LogP contribution in [0.4, 0.5) is 17.1 Å². The highest BCUT2D eigenvalue weighted by Gasteiger charge is 2.14. The van der Waals surface area contributed by atoms with Crippen LogP contribution in [0, 0.1) is 11.3 Å². The molecule has 0 N–H and O–H groups in total. The van der Waals surface area contributed by atoms with Gasteiger partial charge in [0, 0.05) is 11.4 Å². The maximum Gasteiger partial charge on any atom is 0.101 e. The molecule has 0 saturated heterocycles. The minimum absolute atomic E-state index is 0.658. The lowest BCUT2D eigenvalue weighted by atomic mass is 10.1. The molecule has 0 heterocycles. The van der Waals surface area contributed by atoms with Crippen molar-refractivity contribution in [1.29, 1.82) is 5.26 Å². The average Bonchev–Trinajstić information content (AvgIpc) is 2.58. The van der Waals surface area contributed by atoms with E-state index in [0.29, 0.717) is 5.56 Å². The molecule has 0 aliphatic heterocycles. The van der Waals surface area contributed by atoms with Crippen molar-refractivity contribution in [2.75, 3.05) is 4.90 Å². The third kappa shape index (κ3) is 2.63. The lowest BCUT2D eigenvalue weighted by Crippen LogP contribution is -2.11. The van der Waals surface area contributed by atoms with E-state index in [-0.39, 0.29) is 0 Å². The number of anilines is 3. The van der Waals surface area contributed by atoms with Gasteiger partial charge in [-0.2, -0.15) is 5.26 Å². The molecule has 100 valence electrons. The van der Waals surface area contributed by atoms with Gasteiger partial charge in [0.05, 0.1) is 11.3 Å². The fraction of sp³-hybridized carbons (Fsp3) is 0. The van der Waals surface area contributed by atoms with Gasteiger partial charge in [0.25, 0.3) is 0 Å². The lowest BCUT2D eigenvalue weighted by Gasteiger charge is -2.26. The summed E-state index contributed by atoms with van der Waals surface area (Å²) in [4.78, 5) is 2.10. The lowest BCUT2D eigenvalue weighted by molar-refractivity contribution is 1.27. The topological polar surface area (TPSA) is 27.0 Å². The smallest absolute Gasteiger partial charge is 0.101 e. The summed E-state index contributed by atoms with van der Waals surface area (Å²) in [5, 5.41) is 9.38. The van der Waals surface area contributed by atoms with Gasteiger partial charge in [0.15, 0.2) is 0 Å². The molecule has 0 amide bonds. The summed E-state index contributed by atoms with van der Waals surface area (Å²) in [5.41, 5.74) is 3.61. The van der Waals surface area contributed by atoms with Crippen molar-refractivity contribution in [3.63, 3.8) is 0 Å². The van der Waals surface area contributed by atoms with Crippen LogP contribution in [0.2, 0.25) is 0 Å². The average molecular weight is 270 g/mol. The van der Waals surface area contributed by atoms with E-state index < -0.39 is 0 Å². The van der Waals surface area contributed by atoms with Gasteiger partial charge < -0.3 is 4.90 Å². The Morgan fingerprint density at radius 1 is 0.619 bits per heavy atom. The van der Waals surface area contributed by atoms with E-state index in [9.17, 15) is 5.26 Å². The highest BCUT2D eigenvalue weighted by atomic mass is 15.1. The van der Waals surface area contributed by atoms with E-state index in [2.05, 4.69) is 11.0 Å². The molecule has 3 rings (SSSR count). The van der Waals surface area contributed by atoms with Gasteiger partial charge in [-0.15, -0.1) is 0 Å². The van der Waals surface area contributed by atoms with E-state index in [1.54, 1.807) is 0 Å². The Kier molecular flexibility index (Phi) is 3.66. The van der Waals surface area contributed by atoms with Crippen molar-refractivity contribution in [2.45, 2.75) is 0 Å². The third-order valence-electron chi connectivity index (χ3n) is 3.29. The van der Waals surface area contributed by atoms with Gasteiger partial charge in [-0.3, -0.25) is 0 Å². The molecule has 0 unspecified atom stereocenters. The monoisotopic (exact) mass is 270 g/mol. The molecule has 0 aliphatic carbocycles. The second-order valence-corrected chi connectivity index (χ2v) is 4.64. The summed E-state index contributed by atoms with van der Waals surface area (Å²) in [5.74, 6) is 0. The van der Waals surface area contributed by atoms with Crippen molar-refractivity contribution in [1.82, 2.24) is 0 Å². The van der Waals surface area contributed by atoms with Crippen molar-refractivity contribution in [2.24, 2.45) is 0 Å². The van der Waals surface area contributed by atoms with Gasteiger partial charge in [-0.25, -0.2) is 0 Å². The number of para-hydroxylation sites is 3. The molecule has 0 atom stereocenters. The number of hydrogen-bond donors (Lipinski definition) is 0. The molecule has 21 heavy (non-hydrogen) atoms. The molecule has 0 saturated carbocycles. The molecule has 0 fully saturated rings. The van der Waals surface area contributed by atoms with Crippen LogP contribution >= 0.6 is 0 Å². The van der Waals surface area contributed by atoms with Crippen molar-refractivity contribution in [3.8, 4) is 6.07 Å². The summed E-state index contributed by atoms with van der Waals surface area (Å²) < 4.78 is 0. The summed E-state index contributed by atoms with van der Waals surface area (Å²) in [6.07, 6.45) is 0. The van der Waals surface area contributed by atoms with Gasteiger partial charge in [-0.05, 0) is 36.4 Å². The van der Waals surface area contributed by atoms with Gasteiger partial charge in [0.1, 0.15) is 6.07 Å². The van der Waals surface area contributed by atoms with Crippen LogP contribution in [0.25, 0.3) is 0 Å². The van der Waals surface area contributed by atoms with Gasteiger partial charge in [-0.1, -0.05) is 48.5 Å². The minimum atomic E-state index is 0.658. The number of benzene rings is 3. The molecular weight excluding hydrogens is 256 g/mol. The van der Waals surface area contributed by atoms with Crippen LogP contribution in [0.3, 0.4) is 0 Å². The standard InChI is InChI=1S/C19H14N2/c20-15-16-9-7-8-14-19(16)21(17-10-3-1-4-11-17)18-12-5-2-6-13-18/h1-14H. The zero-order valence-corrected chi connectivity index (χ0v) is 11.5. The first-order chi connectivity index (χ1) is 10.4. The molecule has 0 radical (unpaired) electrons. The van der Waals surface area contributed by atoms with E-state index in [1.807, 2.05) is 84.9 Å². The first-order valence-corrected chi connectivity index (χ1v) is 6.79. The largest absolute Gasteiger partial charge is 0.309 e. The number of rotatable bonds is 3. The molecule has 2 nitrogen and oxygen atoms in total. The minimum Gasteiger partial charge on any atom is -0.309 e. The van der Waals surface area contributed by atoms with E-state index >= 15 is 0 Å². The van der Waals surface area contributed by atoms with Crippen LogP contribution in [-0.2, 0) is 0 Å². The molecular formula is C19H14N2. The second-order valence-electron chi connectivity index (χ2n) is 4.64. The molecule has 2 heteroatoms. The van der Waals surface area contributed by atoms with E-state index in [0.717, 1.165) is 17.1 Å². The Labute approximate surface area is 124 Å². The van der Waals surface area contributed by atoms with Crippen LogP contribution in [-0.4, -0.2) is 0 Å². The second kappa shape index (κ2) is 5.94. The Balaban J connectivity index is 2.21. The Hall–Kier alpha value is -3.05. The quantitative estimate of drug-likeness (QED) is 0.667. The van der Waals surface area contributed by atoms with E-state index in [1.165, 1.54) is 0 Å². The van der Waals surface area contributed by atoms with Gasteiger partial charge in [0.2, 0.25) is 0 Å². The summed E-state index contributed by atoms with van der Waals surface area (Å²) in [6, 6.07) is 30.1. The molecule has 3 aromatic carbocycles. The van der Waals surface area contributed by atoms with Crippen LogP contribution in [0.15, 0.2) is 84.9 Å². The molecule has 0 bridgehead atoms. The number of nitriles is 1. The zero-order chi connectivity index (χ0) is 14.5. The van der Waals surface area contributed by atoms with Crippen molar-refractivity contribution >= 4 is 17.1 Å². The van der Waals surface area contributed by atoms with Crippen LogP contribution < -0.4 is 4.90 Å². The molecule has 0 aliphatic rings. The fourth-order valence-corrected chi connectivity index (χ4v) is 2.34. The molecule has 3 aromatic rings. The Morgan fingerprint density at radius 3 is 1.62 bits per heavy atom. The predicted octanol–water partition coefficient (Wildman–Crippen LogP) is 5.03. The molecule has 0 aromatic heterocycles. The summed E-state index contributed by atoms with van der Waals surface area (Å²) >= 11 is 0. The number of hydrogen-bond acceptors (Lipinski definition) is 2.